The van der Waals surface area contributed by atoms with Crippen LogP contribution in [0.2, 0.25) is 0 Å². The summed E-state index contributed by atoms with van der Waals surface area (Å²) >= 11 is 0. The van der Waals surface area contributed by atoms with Gasteiger partial charge in [-0.15, -0.1) is 0 Å². The van der Waals surface area contributed by atoms with Crippen molar-refractivity contribution in [1.82, 2.24) is 14.5 Å². The van der Waals surface area contributed by atoms with Crippen molar-refractivity contribution in [2.24, 2.45) is 7.05 Å². The molecule has 0 spiro atoms. The lowest BCUT2D eigenvalue weighted by atomic mass is 10.1. The smallest absolute Gasteiger partial charge is 0.265 e. The number of nitrogens with one attached hydrogen (secondary N) is 2. The predicted molar refractivity (Wildman–Crippen MR) is 116 cm³/mol. The fourth-order valence-electron chi connectivity index (χ4n) is 3.60. The molecule has 154 valence electrons. The van der Waals surface area contributed by atoms with Crippen molar-refractivity contribution in [2.75, 3.05) is 10.6 Å². The number of anilines is 2. The third-order valence-corrected chi connectivity index (χ3v) is 5.19. The van der Waals surface area contributed by atoms with E-state index in [-0.39, 0.29) is 11.8 Å². The van der Waals surface area contributed by atoms with Crippen molar-refractivity contribution in [1.29, 1.82) is 0 Å². The zero-order valence-electron chi connectivity index (χ0n) is 16.7. The molecule has 1 aliphatic rings. The Labute approximate surface area is 177 Å². The van der Waals surface area contributed by atoms with Gasteiger partial charge in [-0.1, -0.05) is 24.3 Å². The molecule has 3 heterocycles. The van der Waals surface area contributed by atoms with Gasteiger partial charge in [0.1, 0.15) is 11.3 Å². The fraction of sp³-hybridized carbons (Fsp3) is 0.130. The molecule has 8 heteroatoms. The number of rotatable bonds is 4. The fourth-order valence-corrected chi connectivity index (χ4v) is 3.60. The highest BCUT2D eigenvalue weighted by Crippen LogP contribution is 2.28. The lowest BCUT2D eigenvalue weighted by molar-refractivity contribution is -0.122. The van der Waals surface area contributed by atoms with Crippen molar-refractivity contribution in [3.05, 3.63) is 78.0 Å². The van der Waals surface area contributed by atoms with Crippen LogP contribution in [0.1, 0.15) is 15.9 Å². The summed E-state index contributed by atoms with van der Waals surface area (Å²) in [5, 5.41) is 5.63. The summed E-state index contributed by atoms with van der Waals surface area (Å²) in [5.41, 5.74) is 3.29. The summed E-state index contributed by atoms with van der Waals surface area (Å²) in [4.78, 5) is 34.1. The van der Waals surface area contributed by atoms with Crippen molar-refractivity contribution >= 4 is 34.6 Å². The molecule has 2 aromatic carbocycles. The Balaban J connectivity index is 1.29. The van der Waals surface area contributed by atoms with Crippen LogP contribution in [-0.2, 0) is 18.3 Å². The lowest BCUT2D eigenvalue weighted by Gasteiger charge is -2.12. The first-order valence-corrected chi connectivity index (χ1v) is 9.83. The number of fused-ring (bicyclic) bond motifs is 2. The maximum Gasteiger partial charge on any atom is 0.265 e. The maximum atomic E-state index is 12.8. The van der Waals surface area contributed by atoms with Gasteiger partial charge in [0, 0.05) is 30.9 Å². The van der Waals surface area contributed by atoms with Crippen LogP contribution in [0.15, 0.2) is 66.9 Å². The molecule has 0 fully saturated rings. The number of aryl methyl sites for hydroxylation is 1. The zero-order chi connectivity index (χ0) is 21.4. The molecule has 1 unspecified atom stereocenters. The number of imidazole rings is 1. The molecule has 4 aromatic rings. The molecule has 2 N–H and O–H groups in total. The first kappa shape index (κ1) is 18.8. The number of benzene rings is 2. The van der Waals surface area contributed by atoms with E-state index in [9.17, 15) is 9.59 Å². The molecule has 1 aliphatic heterocycles. The number of hydrogen-bond donors (Lipinski definition) is 2. The van der Waals surface area contributed by atoms with Gasteiger partial charge < -0.3 is 10.1 Å². The number of pyridine rings is 1. The standard InChI is InChI=1S/C23H19N5O3/c1-28-20-17(9-5-11-24-20)26-23(28)27-21(29)15-7-4-8-16(12-15)25-22(30)19-13-14-6-2-3-10-18(14)31-19/h2-12,19H,13H2,1H3,(H,25,30)(H,26,27,29). The van der Waals surface area contributed by atoms with E-state index in [0.29, 0.717) is 34.8 Å². The Kier molecular flexibility index (Phi) is 4.59. The number of para-hydroxylation sites is 1. The second-order valence-electron chi connectivity index (χ2n) is 7.28. The van der Waals surface area contributed by atoms with Crippen molar-refractivity contribution in [3.63, 3.8) is 0 Å². The highest BCUT2D eigenvalue weighted by atomic mass is 16.5. The minimum Gasteiger partial charge on any atom is -0.480 e. The Bertz CT molecular complexity index is 1290. The number of nitrogens with zero attached hydrogens (tertiary/aromatic N) is 3. The number of amides is 2. The van der Waals surface area contributed by atoms with E-state index < -0.39 is 6.10 Å². The number of ether oxygens (including phenoxy) is 1. The lowest BCUT2D eigenvalue weighted by Crippen LogP contribution is -2.31. The van der Waals surface area contributed by atoms with Crippen LogP contribution in [0.3, 0.4) is 0 Å². The SMILES string of the molecule is Cn1c(NC(=O)c2cccc(NC(=O)C3Cc4ccccc4O3)c2)nc2cccnc21. The minimum absolute atomic E-state index is 0.254. The molecule has 0 bridgehead atoms. The topological polar surface area (TPSA) is 98.1 Å². The van der Waals surface area contributed by atoms with Crippen LogP contribution in [0.5, 0.6) is 5.75 Å². The Morgan fingerprint density at radius 2 is 1.94 bits per heavy atom. The summed E-state index contributed by atoms with van der Waals surface area (Å²) in [7, 11) is 1.79. The van der Waals surface area contributed by atoms with E-state index in [1.54, 1.807) is 48.1 Å². The number of hydrogen-bond acceptors (Lipinski definition) is 5. The van der Waals surface area contributed by atoms with E-state index in [1.807, 2.05) is 30.3 Å². The molecule has 8 nitrogen and oxygen atoms in total. The molecule has 2 amide bonds. The normalized spacial score (nSPS) is 14.7. The second-order valence-corrected chi connectivity index (χ2v) is 7.28. The van der Waals surface area contributed by atoms with Crippen molar-refractivity contribution in [3.8, 4) is 5.75 Å². The zero-order valence-corrected chi connectivity index (χ0v) is 16.7. The molecule has 0 radical (unpaired) electrons. The van der Waals surface area contributed by atoms with Crippen LogP contribution in [-0.4, -0.2) is 32.5 Å². The van der Waals surface area contributed by atoms with Crippen LogP contribution >= 0.6 is 0 Å². The van der Waals surface area contributed by atoms with E-state index in [1.165, 1.54) is 0 Å². The first-order chi connectivity index (χ1) is 15.1. The van der Waals surface area contributed by atoms with Gasteiger partial charge in [-0.2, -0.15) is 0 Å². The molecule has 0 aliphatic carbocycles. The second kappa shape index (κ2) is 7.56. The van der Waals surface area contributed by atoms with E-state index in [4.69, 9.17) is 4.74 Å². The van der Waals surface area contributed by atoms with Gasteiger partial charge in [-0.05, 0) is 42.0 Å². The number of carbonyl (C=O) groups is 2. The van der Waals surface area contributed by atoms with Crippen LogP contribution in [0.25, 0.3) is 11.2 Å². The molecule has 31 heavy (non-hydrogen) atoms. The Hall–Kier alpha value is -4.20. The quantitative estimate of drug-likeness (QED) is 0.536. The van der Waals surface area contributed by atoms with E-state index >= 15 is 0 Å². The van der Waals surface area contributed by atoms with E-state index in [2.05, 4.69) is 20.6 Å². The van der Waals surface area contributed by atoms with Gasteiger partial charge in [-0.3, -0.25) is 19.5 Å². The van der Waals surface area contributed by atoms with Gasteiger partial charge in [0.15, 0.2) is 11.8 Å². The highest BCUT2D eigenvalue weighted by molar-refractivity contribution is 6.05. The summed E-state index contributed by atoms with van der Waals surface area (Å²) in [5.74, 6) is 0.534. The van der Waals surface area contributed by atoms with Gasteiger partial charge in [0.25, 0.3) is 11.8 Å². The maximum absolute atomic E-state index is 12.8. The average Bonchev–Trinajstić information content (AvgIpc) is 3.36. The van der Waals surface area contributed by atoms with Gasteiger partial charge in [0.05, 0.1) is 0 Å². The number of aromatic nitrogens is 3. The highest BCUT2D eigenvalue weighted by Gasteiger charge is 2.28. The third-order valence-electron chi connectivity index (χ3n) is 5.19. The van der Waals surface area contributed by atoms with Crippen molar-refractivity contribution < 1.29 is 14.3 Å². The largest absolute Gasteiger partial charge is 0.480 e. The summed E-state index contributed by atoms with van der Waals surface area (Å²) in [6, 6.07) is 18.0. The first-order valence-electron chi connectivity index (χ1n) is 9.83. The molecular formula is C23H19N5O3. The molecule has 0 saturated heterocycles. The summed E-state index contributed by atoms with van der Waals surface area (Å²) in [6.07, 6.45) is 1.60. The molecule has 1 atom stereocenters. The third kappa shape index (κ3) is 3.59. The average molecular weight is 413 g/mol. The Morgan fingerprint density at radius 1 is 1.06 bits per heavy atom. The minimum atomic E-state index is -0.595. The van der Waals surface area contributed by atoms with Gasteiger partial charge in [-0.25, -0.2) is 9.97 Å². The summed E-state index contributed by atoms with van der Waals surface area (Å²) in [6.45, 7) is 0. The van der Waals surface area contributed by atoms with Crippen LogP contribution < -0.4 is 15.4 Å². The summed E-state index contributed by atoms with van der Waals surface area (Å²) < 4.78 is 7.45. The molecule has 2 aromatic heterocycles. The Morgan fingerprint density at radius 3 is 2.77 bits per heavy atom. The van der Waals surface area contributed by atoms with Crippen LogP contribution in [0.4, 0.5) is 11.6 Å². The van der Waals surface area contributed by atoms with Gasteiger partial charge >= 0.3 is 0 Å². The molecular weight excluding hydrogens is 394 g/mol. The van der Waals surface area contributed by atoms with E-state index in [0.717, 1.165) is 11.3 Å². The van der Waals surface area contributed by atoms with Crippen LogP contribution in [0, 0.1) is 0 Å². The molecule has 0 saturated carbocycles. The predicted octanol–water partition coefficient (Wildman–Crippen LogP) is 3.16. The van der Waals surface area contributed by atoms with Crippen molar-refractivity contribution in [2.45, 2.75) is 12.5 Å². The monoisotopic (exact) mass is 413 g/mol. The van der Waals surface area contributed by atoms with Gasteiger partial charge in [0.2, 0.25) is 5.95 Å². The number of carbonyl (C=O) groups excluding carboxylic acids is 2. The molecule has 5 rings (SSSR count).